The van der Waals surface area contributed by atoms with Crippen LogP contribution in [-0.2, 0) is 32.5 Å². The van der Waals surface area contributed by atoms with E-state index in [4.69, 9.17) is 4.74 Å². The van der Waals surface area contributed by atoms with Crippen LogP contribution in [0, 0.1) is 0 Å². The molecule has 2 amide bonds. The third-order valence-electron chi connectivity index (χ3n) is 5.01. The van der Waals surface area contributed by atoms with Crippen LogP contribution in [0.25, 0.3) is 0 Å². The van der Waals surface area contributed by atoms with Gasteiger partial charge in [-0.3, -0.25) is 9.59 Å². The van der Waals surface area contributed by atoms with E-state index < -0.39 is 21.9 Å². The van der Waals surface area contributed by atoms with E-state index in [2.05, 4.69) is 5.32 Å². The van der Waals surface area contributed by atoms with E-state index in [9.17, 15) is 22.8 Å². The zero-order chi connectivity index (χ0) is 22.9. The number of nitrogens with zero attached hydrogens (tertiary/aromatic N) is 2. The summed E-state index contributed by atoms with van der Waals surface area (Å²) in [5.41, 5.74) is 1.31. The van der Waals surface area contributed by atoms with E-state index in [0.29, 0.717) is 30.1 Å². The van der Waals surface area contributed by atoms with Crippen molar-refractivity contribution in [1.82, 2.24) is 9.21 Å². The molecule has 31 heavy (non-hydrogen) atoms. The molecule has 1 aromatic carbocycles. The highest BCUT2D eigenvalue weighted by molar-refractivity contribution is 7.89. The Morgan fingerprint density at radius 2 is 1.81 bits per heavy atom. The number of hydrogen-bond acceptors (Lipinski definition) is 7. The van der Waals surface area contributed by atoms with Crippen molar-refractivity contribution < 1.29 is 27.5 Å². The molecule has 3 rings (SSSR count). The molecule has 2 aromatic rings. The molecule has 1 aliphatic heterocycles. The Labute approximate surface area is 184 Å². The zero-order valence-electron chi connectivity index (χ0n) is 17.6. The van der Waals surface area contributed by atoms with Crippen molar-refractivity contribution in [2.75, 3.05) is 33.1 Å². The fourth-order valence-corrected chi connectivity index (χ4v) is 5.39. The number of rotatable bonds is 5. The second-order valence-corrected chi connectivity index (χ2v) is 10.4. The van der Waals surface area contributed by atoms with Crippen molar-refractivity contribution in [2.24, 2.45) is 0 Å². The maximum absolute atomic E-state index is 12.8. The molecule has 0 unspecified atom stereocenters. The number of nitrogens with one attached hydrogen (secondary N) is 1. The van der Waals surface area contributed by atoms with E-state index in [1.54, 1.807) is 4.90 Å². The second-order valence-electron chi connectivity index (χ2n) is 7.16. The molecule has 0 saturated carbocycles. The number of benzene rings is 1. The van der Waals surface area contributed by atoms with Gasteiger partial charge < -0.3 is 15.0 Å². The molecule has 1 N–H and O–H groups in total. The van der Waals surface area contributed by atoms with Crippen LogP contribution in [0.3, 0.4) is 0 Å². The van der Waals surface area contributed by atoms with Crippen LogP contribution in [0.15, 0.2) is 29.2 Å². The molecule has 0 aliphatic carbocycles. The number of methoxy groups -OCH3 is 1. The normalized spacial score (nSPS) is 13.6. The molecule has 9 nitrogen and oxygen atoms in total. The Hall–Kier alpha value is -2.76. The molecule has 1 aromatic heterocycles. The molecule has 0 saturated heterocycles. The second kappa shape index (κ2) is 8.77. The Morgan fingerprint density at radius 3 is 2.35 bits per heavy atom. The average Bonchev–Trinajstić information content (AvgIpc) is 3.09. The Morgan fingerprint density at radius 1 is 1.16 bits per heavy atom. The summed E-state index contributed by atoms with van der Waals surface area (Å²) in [6.07, 6.45) is 0.489. The van der Waals surface area contributed by atoms with E-state index in [1.807, 2.05) is 0 Å². The third-order valence-corrected chi connectivity index (χ3v) is 7.98. The number of amides is 2. The summed E-state index contributed by atoms with van der Waals surface area (Å²) in [5, 5.41) is 3.08. The van der Waals surface area contributed by atoms with Gasteiger partial charge in [0.1, 0.15) is 5.00 Å². The van der Waals surface area contributed by atoms with Gasteiger partial charge in [0.2, 0.25) is 15.9 Å². The van der Waals surface area contributed by atoms with Crippen LogP contribution < -0.4 is 5.32 Å². The highest BCUT2D eigenvalue weighted by Gasteiger charge is 2.30. The first kappa shape index (κ1) is 22.9. The van der Waals surface area contributed by atoms with E-state index in [1.165, 1.54) is 63.7 Å². The van der Waals surface area contributed by atoms with Gasteiger partial charge in [0, 0.05) is 38.0 Å². The van der Waals surface area contributed by atoms with Crippen molar-refractivity contribution in [3.8, 4) is 0 Å². The molecule has 0 spiro atoms. The van der Waals surface area contributed by atoms with Gasteiger partial charge in [-0.2, -0.15) is 0 Å². The van der Waals surface area contributed by atoms with Crippen LogP contribution >= 0.6 is 11.3 Å². The summed E-state index contributed by atoms with van der Waals surface area (Å²) >= 11 is 1.23. The van der Waals surface area contributed by atoms with Gasteiger partial charge in [-0.25, -0.2) is 17.5 Å². The van der Waals surface area contributed by atoms with Gasteiger partial charge in [0.15, 0.2) is 0 Å². The number of hydrogen-bond donors (Lipinski definition) is 1. The summed E-state index contributed by atoms with van der Waals surface area (Å²) in [5.74, 6) is -1.10. The van der Waals surface area contributed by atoms with Gasteiger partial charge in [0.25, 0.3) is 5.91 Å². The first-order chi connectivity index (χ1) is 14.6. The van der Waals surface area contributed by atoms with Crippen LogP contribution in [0.5, 0.6) is 0 Å². The topological polar surface area (TPSA) is 113 Å². The SMILES string of the molecule is COC(=O)c1c(NC(=O)c2ccc(S(=O)(=O)N(C)C)cc2)sc2c1CCN(C(C)=O)C2. The minimum Gasteiger partial charge on any atom is -0.465 e. The number of thiophene rings is 1. The number of ether oxygens (including phenoxy) is 1. The van der Waals surface area contributed by atoms with Crippen molar-refractivity contribution in [1.29, 1.82) is 0 Å². The van der Waals surface area contributed by atoms with Crippen molar-refractivity contribution >= 4 is 44.1 Å². The summed E-state index contributed by atoms with van der Waals surface area (Å²) in [6, 6.07) is 5.54. The lowest BCUT2D eigenvalue weighted by molar-refractivity contribution is -0.129. The predicted molar refractivity (Wildman–Crippen MR) is 116 cm³/mol. The first-order valence-electron chi connectivity index (χ1n) is 9.38. The van der Waals surface area contributed by atoms with Gasteiger partial charge in [-0.1, -0.05) is 0 Å². The number of carbonyl (C=O) groups excluding carboxylic acids is 3. The first-order valence-corrected chi connectivity index (χ1v) is 11.6. The number of esters is 1. The minimum atomic E-state index is -3.60. The third kappa shape index (κ3) is 4.48. The fourth-order valence-electron chi connectivity index (χ4n) is 3.24. The molecular weight excluding hydrogens is 442 g/mol. The number of fused-ring (bicyclic) bond motifs is 1. The smallest absolute Gasteiger partial charge is 0.341 e. The number of sulfonamides is 1. The van der Waals surface area contributed by atoms with Crippen LogP contribution in [0.4, 0.5) is 5.00 Å². The van der Waals surface area contributed by atoms with Crippen LogP contribution in [-0.4, -0.2) is 63.2 Å². The Kier molecular flexibility index (Phi) is 6.48. The molecular formula is C20H23N3O6S2. The molecule has 1 aliphatic rings. The average molecular weight is 466 g/mol. The molecule has 0 bridgehead atoms. The van der Waals surface area contributed by atoms with Gasteiger partial charge >= 0.3 is 5.97 Å². The van der Waals surface area contributed by atoms with Gasteiger partial charge in [-0.05, 0) is 36.2 Å². The largest absolute Gasteiger partial charge is 0.465 e. The fraction of sp³-hybridized carbons (Fsp3) is 0.350. The lowest BCUT2D eigenvalue weighted by Gasteiger charge is -2.25. The lowest BCUT2D eigenvalue weighted by atomic mass is 10.0. The lowest BCUT2D eigenvalue weighted by Crippen LogP contribution is -2.33. The number of carbonyl (C=O) groups is 3. The standard InChI is InChI=1S/C20H23N3O6S2/c1-12(24)23-10-9-15-16(11-23)30-19(17(15)20(26)29-4)21-18(25)13-5-7-14(8-6-13)31(27,28)22(2)3/h5-8H,9-11H2,1-4H3,(H,21,25). The van der Waals surface area contributed by atoms with E-state index >= 15 is 0 Å². The maximum Gasteiger partial charge on any atom is 0.341 e. The molecule has 0 atom stereocenters. The van der Waals surface area contributed by atoms with Crippen molar-refractivity contribution in [3.05, 3.63) is 45.8 Å². The molecule has 11 heteroatoms. The van der Waals surface area contributed by atoms with Crippen LogP contribution in [0.1, 0.15) is 38.1 Å². The van der Waals surface area contributed by atoms with Crippen molar-refractivity contribution in [3.63, 3.8) is 0 Å². The Bertz CT molecular complexity index is 1140. The summed E-state index contributed by atoms with van der Waals surface area (Å²) in [4.78, 5) is 39.5. The predicted octanol–water partition coefficient (Wildman–Crippen LogP) is 1.94. The summed E-state index contributed by atoms with van der Waals surface area (Å²) < 4.78 is 30.4. The van der Waals surface area contributed by atoms with Gasteiger partial charge in [0.05, 0.1) is 24.1 Å². The number of anilines is 1. The zero-order valence-corrected chi connectivity index (χ0v) is 19.2. The highest BCUT2D eigenvalue weighted by Crippen LogP contribution is 2.38. The quantitative estimate of drug-likeness (QED) is 0.676. The maximum atomic E-state index is 12.8. The van der Waals surface area contributed by atoms with Crippen LogP contribution in [0.2, 0.25) is 0 Å². The molecule has 2 heterocycles. The summed E-state index contributed by atoms with van der Waals surface area (Å²) in [6.45, 7) is 2.34. The summed E-state index contributed by atoms with van der Waals surface area (Å²) in [7, 11) is 0.520. The molecule has 0 radical (unpaired) electrons. The Balaban J connectivity index is 1.89. The highest BCUT2D eigenvalue weighted by atomic mass is 32.2. The van der Waals surface area contributed by atoms with E-state index in [0.717, 1.165) is 14.7 Å². The minimum absolute atomic E-state index is 0.0583. The molecule has 0 fully saturated rings. The van der Waals surface area contributed by atoms with Crippen molar-refractivity contribution in [2.45, 2.75) is 24.8 Å². The van der Waals surface area contributed by atoms with Gasteiger partial charge in [-0.15, -0.1) is 11.3 Å². The monoisotopic (exact) mass is 465 g/mol. The van der Waals surface area contributed by atoms with E-state index in [-0.39, 0.29) is 16.4 Å². The molecule has 166 valence electrons.